The molecule has 0 spiro atoms. The number of imidazole rings is 1. The van der Waals surface area contributed by atoms with Crippen LogP contribution in [0.2, 0.25) is 0 Å². The van der Waals surface area contributed by atoms with Crippen LogP contribution in [-0.4, -0.2) is 26.1 Å². The summed E-state index contributed by atoms with van der Waals surface area (Å²) < 4.78 is 40.4. The zero-order chi connectivity index (χ0) is 15.6. The predicted octanol–water partition coefficient (Wildman–Crippen LogP) is 3.12. The van der Waals surface area contributed by atoms with E-state index >= 15 is 0 Å². The van der Waals surface area contributed by atoms with Gasteiger partial charge in [-0.3, -0.25) is 4.57 Å². The number of alkyl halides is 3. The van der Waals surface area contributed by atoms with Crippen molar-refractivity contribution >= 4 is 5.95 Å². The van der Waals surface area contributed by atoms with Crippen LogP contribution in [0, 0.1) is 13.8 Å². The van der Waals surface area contributed by atoms with Crippen molar-refractivity contribution < 1.29 is 13.2 Å². The minimum atomic E-state index is -4.52. The van der Waals surface area contributed by atoms with Gasteiger partial charge in [-0.15, -0.1) is 0 Å². The molecule has 0 radical (unpaired) electrons. The van der Waals surface area contributed by atoms with Crippen LogP contribution < -0.4 is 5.32 Å². The quantitative estimate of drug-likeness (QED) is 0.942. The van der Waals surface area contributed by atoms with Gasteiger partial charge in [0.05, 0.1) is 5.69 Å². The summed E-state index contributed by atoms with van der Waals surface area (Å²) in [6.45, 7) is 5.97. The summed E-state index contributed by atoms with van der Waals surface area (Å²) in [5.41, 5.74) is 0.505. The lowest BCUT2D eigenvalue weighted by Crippen LogP contribution is -2.14. The highest BCUT2D eigenvalue weighted by atomic mass is 19.4. The first kappa shape index (κ1) is 15.3. The summed E-state index contributed by atoms with van der Waals surface area (Å²) in [4.78, 5) is 11.7. The van der Waals surface area contributed by atoms with Gasteiger partial charge >= 0.3 is 6.18 Å². The standard InChI is InChI=1S/C13H16F3N5/c1-4-5-17-12-19-10(13(14,15)16)6-11(20-12)21-7-18-8(2)9(21)3/h6-7H,4-5H2,1-3H3,(H,17,19,20). The third-order valence-corrected chi connectivity index (χ3v) is 3.03. The molecule has 0 amide bonds. The van der Waals surface area contributed by atoms with Crippen LogP contribution in [0.25, 0.3) is 5.82 Å². The van der Waals surface area contributed by atoms with Crippen molar-refractivity contribution in [2.24, 2.45) is 0 Å². The van der Waals surface area contributed by atoms with Gasteiger partial charge in [0.15, 0.2) is 5.69 Å². The Morgan fingerprint density at radius 2 is 1.95 bits per heavy atom. The predicted molar refractivity (Wildman–Crippen MR) is 72.4 cm³/mol. The molecule has 1 N–H and O–H groups in total. The maximum absolute atomic E-state index is 12.9. The third kappa shape index (κ3) is 3.32. The van der Waals surface area contributed by atoms with E-state index in [-0.39, 0.29) is 11.8 Å². The highest BCUT2D eigenvalue weighted by Crippen LogP contribution is 2.29. The Morgan fingerprint density at radius 3 is 2.48 bits per heavy atom. The topological polar surface area (TPSA) is 55.6 Å². The van der Waals surface area contributed by atoms with Gasteiger partial charge in [0, 0.05) is 18.3 Å². The number of halogens is 3. The van der Waals surface area contributed by atoms with Crippen molar-refractivity contribution in [3.63, 3.8) is 0 Å². The summed E-state index contributed by atoms with van der Waals surface area (Å²) in [6.07, 6.45) is -2.31. The van der Waals surface area contributed by atoms with Gasteiger partial charge in [-0.2, -0.15) is 18.2 Å². The van der Waals surface area contributed by atoms with E-state index in [0.717, 1.165) is 23.9 Å². The van der Waals surface area contributed by atoms with Crippen molar-refractivity contribution in [1.29, 1.82) is 0 Å². The molecule has 0 aliphatic rings. The second-order valence-corrected chi connectivity index (χ2v) is 4.64. The number of hydrogen-bond acceptors (Lipinski definition) is 4. The summed E-state index contributed by atoms with van der Waals surface area (Å²) in [5, 5.41) is 2.79. The number of rotatable bonds is 4. The van der Waals surface area contributed by atoms with Crippen molar-refractivity contribution in [1.82, 2.24) is 19.5 Å². The molecule has 21 heavy (non-hydrogen) atoms. The molecule has 114 valence electrons. The molecule has 2 heterocycles. The van der Waals surface area contributed by atoms with Gasteiger partial charge in [-0.05, 0) is 20.3 Å². The molecular weight excluding hydrogens is 283 g/mol. The lowest BCUT2D eigenvalue weighted by Gasteiger charge is -2.12. The van der Waals surface area contributed by atoms with Crippen LogP contribution in [0.4, 0.5) is 19.1 Å². The van der Waals surface area contributed by atoms with Crippen LogP contribution in [0.3, 0.4) is 0 Å². The average molecular weight is 299 g/mol. The lowest BCUT2D eigenvalue weighted by molar-refractivity contribution is -0.141. The highest BCUT2D eigenvalue weighted by molar-refractivity contribution is 5.37. The Labute approximate surface area is 120 Å². The minimum Gasteiger partial charge on any atom is -0.354 e. The maximum Gasteiger partial charge on any atom is 0.433 e. The van der Waals surface area contributed by atoms with Gasteiger partial charge < -0.3 is 5.32 Å². The molecule has 0 saturated carbocycles. The van der Waals surface area contributed by atoms with Crippen molar-refractivity contribution in [3.05, 3.63) is 29.5 Å². The van der Waals surface area contributed by atoms with Crippen molar-refractivity contribution in [3.8, 4) is 5.82 Å². The third-order valence-electron chi connectivity index (χ3n) is 3.03. The number of nitrogens with zero attached hydrogens (tertiary/aromatic N) is 4. The molecule has 2 aromatic heterocycles. The van der Waals surface area contributed by atoms with E-state index in [4.69, 9.17) is 0 Å². The number of aromatic nitrogens is 4. The first-order chi connectivity index (χ1) is 9.82. The normalized spacial score (nSPS) is 11.7. The van der Waals surface area contributed by atoms with Crippen molar-refractivity contribution in [2.45, 2.75) is 33.4 Å². The molecule has 0 atom stereocenters. The molecule has 0 aliphatic carbocycles. The smallest absolute Gasteiger partial charge is 0.354 e. The second-order valence-electron chi connectivity index (χ2n) is 4.64. The monoisotopic (exact) mass is 299 g/mol. The molecule has 0 aromatic carbocycles. The van der Waals surface area contributed by atoms with Crippen LogP contribution in [0.1, 0.15) is 30.4 Å². The minimum absolute atomic E-state index is 0.0348. The zero-order valence-corrected chi connectivity index (χ0v) is 12.0. The SMILES string of the molecule is CCCNc1nc(-n2cnc(C)c2C)cc(C(F)(F)F)n1. The Hall–Kier alpha value is -2.12. The first-order valence-electron chi connectivity index (χ1n) is 6.54. The fourth-order valence-electron chi connectivity index (χ4n) is 1.75. The van der Waals surface area contributed by atoms with E-state index in [0.29, 0.717) is 6.54 Å². The fourth-order valence-corrected chi connectivity index (χ4v) is 1.75. The van der Waals surface area contributed by atoms with Gasteiger partial charge in [0.1, 0.15) is 12.1 Å². The van der Waals surface area contributed by atoms with Gasteiger partial charge in [-0.1, -0.05) is 6.92 Å². The van der Waals surface area contributed by atoms with E-state index < -0.39 is 11.9 Å². The van der Waals surface area contributed by atoms with E-state index in [1.165, 1.54) is 10.9 Å². The summed E-state index contributed by atoms with van der Waals surface area (Å²) in [5.74, 6) is 0.112. The van der Waals surface area contributed by atoms with Crippen LogP contribution in [0.5, 0.6) is 0 Å². The Bertz CT molecular complexity index is 633. The summed E-state index contributed by atoms with van der Waals surface area (Å²) in [6, 6.07) is 0.922. The number of anilines is 1. The lowest BCUT2D eigenvalue weighted by atomic mass is 10.3. The summed E-state index contributed by atoms with van der Waals surface area (Å²) >= 11 is 0. The average Bonchev–Trinajstić information content (AvgIpc) is 2.75. The van der Waals surface area contributed by atoms with Crippen LogP contribution in [-0.2, 0) is 6.18 Å². The largest absolute Gasteiger partial charge is 0.433 e. The molecule has 2 aromatic rings. The van der Waals surface area contributed by atoms with Crippen LogP contribution >= 0.6 is 0 Å². The molecule has 0 aliphatic heterocycles. The number of nitrogens with one attached hydrogen (secondary N) is 1. The van der Waals surface area contributed by atoms with E-state index in [1.807, 2.05) is 6.92 Å². The molecule has 5 nitrogen and oxygen atoms in total. The molecule has 2 rings (SSSR count). The molecule has 0 fully saturated rings. The van der Waals surface area contributed by atoms with Crippen LogP contribution in [0.15, 0.2) is 12.4 Å². The highest BCUT2D eigenvalue weighted by Gasteiger charge is 2.34. The zero-order valence-electron chi connectivity index (χ0n) is 12.0. The van der Waals surface area contributed by atoms with E-state index in [9.17, 15) is 13.2 Å². The van der Waals surface area contributed by atoms with E-state index in [2.05, 4.69) is 20.3 Å². The number of hydrogen-bond donors (Lipinski definition) is 1. The van der Waals surface area contributed by atoms with Gasteiger partial charge in [0.2, 0.25) is 5.95 Å². The summed E-state index contributed by atoms with van der Waals surface area (Å²) in [7, 11) is 0. The molecular formula is C13H16F3N5. The Morgan fingerprint density at radius 1 is 1.24 bits per heavy atom. The molecule has 0 saturated heterocycles. The molecule has 0 bridgehead atoms. The second kappa shape index (κ2) is 5.71. The number of aryl methyl sites for hydroxylation is 1. The Balaban J connectivity index is 2.52. The maximum atomic E-state index is 12.9. The first-order valence-corrected chi connectivity index (χ1v) is 6.54. The molecule has 8 heteroatoms. The van der Waals surface area contributed by atoms with Gasteiger partial charge in [-0.25, -0.2) is 9.97 Å². The van der Waals surface area contributed by atoms with E-state index in [1.54, 1.807) is 13.8 Å². The molecule has 0 unspecified atom stereocenters. The Kier molecular flexibility index (Phi) is 4.15. The van der Waals surface area contributed by atoms with Gasteiger partial charge in [0.25, 0.3) is 0 Å². The van der Waals surface area contributed by atoms with Crippen molar-refractivity contribution in [2.75, 3.05) is 11.9 Å². The fraction of sp³-hybridized carbons (Fsp3) is 0.462.